The normalized spacial score (nSPS) is 10.4. The van der Waals surface area contributed by atoms with E-state index in [-0.39, 0.29) is 12.5 Å². The molecular formula is C16H18ClN3O. The lowest BCUT2D eigenvalue weighted by molar-refractivity contribution is -0.115. The largest absolute Gasteiger partial charge is 0.323 e. The van der Waals surface area contributed by atoms with Gasteiger partial charge in [0.15, 0.2) is 0 Å². The lowest BCUT2D eigenvalue weighted by Crippen LogP contribution is -2.28. The standard InChI is InChI=1S/C16H18ClN3O/c1-11-6-12(2)16(14(17)7-11)20-15(21)10-19-9-13-4-3-5-18-8-13/h3-8,19H,9-10H2,1-2H3,(H,20,21). The molecule has 0 atom stereocenters. The summed E-state index contributed by atoms with van der Waals surface area (Å²) in [6.45, 7) is 4.72. The van der Waals surface area contributed by atoms with Crippen molar-refractivity contribution in [3.8, 4) is 0 Å². The number of aromatic nitrogens is 1. The van der Waals surface area contributed by atoms with E-state index in [2.05, 4.69) is 15.6 Å². The van der Waals surface area contributed by atoms with Crippen molar-refractivity contribution in [1.29, 1.82) is 0 Å². The van der Waals surface area contributed by atoms with Crippen LogP contribution in [0, 0.1) is 13.8 Å². The summed E-state index contributed by atoms with van der Waals surface area (Å²) in [5.74, 6) is -0.118. The lowest BCUT2D eigenvalue weighted by atomic mass is 10.1. The molecule has 21 heavy (non-hydrogen) atoms. The molecule has 0 saturated carbocycles. The smallest absolute Gasteiger partial charge is 0.238 e. The second kappa shape index (κ2) is 7.20. The fraction of sp³-hybridized carbons (Fsp3) is 0.250. The van der Waals surface area contributed by atoms with Gasteiger partial charge >= 0.3 is 0 Å². The van der Waals surface area contributed by atoms with Crippen LogP contribution in [0.1, 0.15) is 16.7 Å². The van der Waals surface area contributed by atoms with E-state index >= 15 is 0 Å². The molecule has 1 heterocycles. The molecule has 2 N–H and O–H groups in total. The topological polar surface area (TPSA) is 54.0 Å². The molecule has 1 aromatic heterocycles. The summed E-state index contributed by atoms with van der Waals surface area (Å²) in [7, 11) is 0. The lowest BCUT2D eigenvalue weighted by Gasteiger charge is -2.12. The number of carbonyl (C=O) groups is 1. The second-order valence-electron chi connectivity index (χ2n) is 4.95. The summed E-state index contributed by atoms with van der Waals surface area (Å²) >= 11 is 6.17. The maximum absolute atomic E-state index is 11.9. The van der Waals surface area contributed by atoms with Gasteiger partial charge < -0.3 is 10.6 Å². The maximum Gasteiger partial charge on any atom is 0.238 e. The highest BCUT2D eigenvalue weighted by Gasteiger charge is 2.09. The average Bonchev–Trinajstić information content (AvgIpc) is 2.44. The van der Waals surface area contributed by atoms with Crippen molar-refractivity contribution >= 4 is 23.2 Å². The first-order chi connectivity index (χ1) is 10.1. The number of anilines is 1. The van der Waals surface area contributed by atoms with E-state index in [4.69, 9.17) is 11.6 Å². The van der Waals surface area contributed by atoms with Crippen LogP contribution in [0.25, 0.3) is 0 Å². The Morgan fingerprint density at radius 2 is 2.14 bits per heavy atom. The summed E-state index contributed by atoms with van der Waals surface area (Å²) in [6.07, 6.45) is 3.49. The molecule has 0 aliphatic carbocycles. The number of nitrogens with zero attached hydrogens (tertiary/aromatic N) is 1. The van der Waals surface area contributed by atoms with Crippen molar-refractivity contribution < 1.29 is 4.79 Å². The van der Waals surface area contributed by atoms with Crippen LogP contribution < -0.4 is 10.6 Å². The molecule has 1 aromatic carbocycles. The van der Waals surface area contributed by atoms with Crippen molar-refractivity contribution in [3.05, 3.63) is 58.4 Å². The van der Waals surface area contributed by atoms with Gasteiger partial charge in [0.1, 0.15) is 0 Å². The Labute approximate surface area is 129 Å². The van der Waals surface area contributed by atoms with Crippen molar-refractivity contribution in [3.63, 3.8) is 0 Å². The number of halogens is 1. The molecule has 0 fully saturated rings. The van der Waals surface area contributed by atoms with Crippen LogP contribution in [0.5, 0.6) is 0 Å². The molecule has 0 spiro atoms. The number of carbonyl (C=O) groups excluding carboxylic acids is 1. The number of hydrogen-bond acceptors (Lipinski definition) is 3. The van der Waals surface area contributed by atoms with Crippen molar-refractivity contribution in [2.45, 2.75) is 20.4 Å². The molecule has 1 amide bonds. The number of nitrogens with one attached hydrogen (secondary N) is 2. The van der Waals surface area contributed by atoms with E-state index < -0.39 is 0 Å². The van der Waals surface area contributed by atoms with Gasteiger partial charge in [-0.3, -0.25) is 9.78 Å². The Morgan fingerprint density at radius 1 is 1.33 bits per heavy atom. The first-order valence-electron chi connectivity index (χ1n) is 6.72. The number of benzene rings is 1. The van der Waals surface area contributed by atoms with Gasteiger partial charge in [-0.05, 0) is 42.7 Å². The summed E-state index contributed by atoms with van der Waals surface area (Å²) < 4.78 is 0. The summed E-state index contributed by atoms with van der Waals surface area (Å²) in [5.41, 5.74) is 3.75. The van der Waals surface area contributed by atoms with E-state index in [0.717, 1.165) is 16.7 Å². The average molecular weight is 304 g/mol. The van der Waals surface area contributed by atoms with Crippen LogP contribution in [-0.2, 0) is 11.3 Å². The van der Waals surface area contributed by atoms with Crippen LogP contribution >= 0.6 is 11.6 Å². The Hall–Kier alpha value is -1.91. The minimum Gasteiger partial charge on any atom is -0.323 e. The Kier molecular flexibility index (Phi) is 5.31. The van der Waals surface area contributed by atoms with E-state index in [1.165, 1.54) is 0 Å². The first-order valence-corrected chi connectivity index (χ1v) is 7.10. The molecule has 4 nitrogen and oxygen atoms in total. The highest BCUT2D eigenvalue weighted by Crippen LogP contribution is 2.27. The van der Waals surface area contributed by atoms with Gasteiger partial charge in [0.05, 0.1) is 17.3 Å². The van der Waals surface area contributed by atoms with Crippen LogP contribution in [0.4, 0.5) is 5.69 Å². The zero-order valence-corrected chi connectivity index (χ0v) is 12.9. The maximum atomic E-state index is 11.9. The molecule has 0 unspecified atom stereocenters. The zero-order chi connectivity index (χ0) is 15.2. The van der Waals surface area contributed by atoms with Gasteiger partial charge in [-0.15, -0.1) is 0 Å². The van der Waals surface area contributed by atoms with E-state index in [1.54, 1.807) is 12.4 Å². The highest BCUT2D eigenvalue weighted by molar-refractivity contribution is 6.34. The predicted molar refractivity (Wildman–Crippen MR) is 85.5 cm³/mol. The Balaban J connectivity index is 1.88. The van der Waals surface area contributed by atoms with Crippen molar-refractivity contribution in [2.75, 3.05) is 11.9 Å². The third kappa shape index (κ3) is 4.55. The van der Waals surface area contributed by atoms with Crippen molar-refractivity contribution in [1.82, 2.24) is 10.3 Å². The van der Waals surface area contributed by atoms with Gasteiger partial charge in [0, 0.05) is 18.9 Å². The SMILES string of the molecule is Cc1cc(C)c(NC(=O)CNCc2cccnc2)c(Cl)c1. The van der Waals surface area contributed by atoms with Gasteiger partial charge in [-0.25, -0.2) is 0 Å². The minimum atomic E-state index is -0.118. The quantitative estimate of drug-likeness (QED) is 0.892. The first kappa shape index (κ1) is 15.5. The molecular weight excluding hydrogens is 286 g/mol. The van der Waals surface area contributed by atoms with Crippen molar-refractivity contribution in [2.24, 2.45) is 0 Å². The summed E-state index contributed by atoms with van der Waals surface area (Å²) in [5, 5.41) is 6.48. The summed E-state index contributed by atoms with van der Waals surface area (Å²) in [6, 6.07) is 7.66. The number of hydrogen-bond donors (Lipinski definition) is 2. The van der Waals surface area contributed by atoms with E-state index in [0.29, 0.717) is 17.3 Å². The van der Waals surface area contributed by atoms with Gasteiger partial charge in [-0.2, -0.15) is 0 Å². The van der Waals surface area contributed by atoms with Crippen LogP contribution in [-0.4, -0.2) is 17.4 Å². The number of rotatable bonds is 5. The molecule has 0 bridgehead atoms. The third-order valence-corrected chi connectivity index (χ3v) is 3.33. The molecule has 5 heteroatoms. The Bertz CT molecular complexity index is 606. The van der Waals surface area contributed by atoms with Crippen LogP contribution in [0.2, 0.25) is 5.02 Å². The predicted octanol–water partition coefficient (Wildman–Crippen LogP) is 3.08. The molecule has 0 aliphatic rings. The Morgan fingerprint density at radius 3 is 2.81 bits per heavy atom. The van der Waals surface area contributed by atoms with E-state index in [1.807, 2.05) is 38.1 Å². The van der Waals surface area contributed by atoms with Gasteiger partial charge in [0.2, 0.25) is 5.91 Å². The molecule has 0 saturated heterocycles. The fourth-order valence-corrected chi connectivity index (χ4v) is 2.45. The second-order valence-corrected chi connectivity index (χ2v) is 5.36. The van der Waals surface area contributed by atoms with Crippen LogP contribution in [0.3, 0.4) is 0 Å². The minimum absolute atomic E-state index is 0.118. The number of pyridine rings is 1. The molecule has 2 aromatic rings. The molecule has 2 rings (SSSR count). The fourth-order valence-electron chi connectivity index (χ4n) is 2.08. The van der Waals surface area contributed by atoms with Gasteiger partial charge in [0.25, 0.3) is 0 Å². The molecule has 0 aliphatic heterocycles. The third-order valence-electron chi connectivity index (χ3n) is 3.03. The summed E-state index contributed by atoms with van der Waals surface area (Å²) in [4.78, 5) is 16.0. The zero-order valence-electron chi connectivity index (χ0n) is 12.1. The molecule has 0 radical (unpaired) electrons. The van der Waals surface area contributed by atoms with E-state index in [9.17, 15) is 4.79 Å². The monoisotopic (exact) mass is 303 g/mol. The van der Waals surface area contributed by atoms with Crippen LogP contribution in [0.15, 0.2) is 36.7 Å². The van der Waals surface area contributed by atoms with Gasteiger partial charge in [-0.1, -0.05) is 23.7 Å². The number of amides is 1. The molecule has 110 valence electrons. The highest BCUT2D eigenvalue weighted by atomic mass is 35.5. The number of aryl methyl sites for hydroxylation is 2.